The Morgan fingerprint density at radius 3 is 2.87 bits per heavy atom. The highest BCUT2D eigenvalue weighted by molar-refractivity contribution is 7.18. The molecule has 0 unspecified atom stereocenters. The van der Waals surface area contributed by atoms with Gasteiger partial charge in [-0.25, -0.2) is 4.98 Å². The van der Waals surface area contributed by atoms with E-state index in [0.29, 0.717) is 12.8 Å². The number of hydrogen-bond acceptors (Lipinski definition) is 6. The predicted molar refractivity (Wildman–Crippen MR) is 117 cm³/mol. The van der Waals surface area contributed by atoms with E-state index in [1.807, 2.05) is 18.2 Å². The molecule has 0 saturated carbocycles. The molecule has 0 fully saturated rings. The molecule has 4 rings (SSSR count). The lowest BCUT2D eigenvalue weighted by molar-refractivity contribution is -0.380. The van der Waals surface area contributed by atoms with Gasteiger partial charge in [0.25, 0.3) is 0 Å². The number of fused-ring (bicyclic) bond motifs is 1. The quantitative estimate of drug-likeness (QED) is 0.327. The second-order valence-corrected chi connectivity index (χ2v) is 7.91. The molecule has 3 heterocycles. The molecule has 0 bridgehead atoms. The summed E-state index contributed by atoms with van der Waals surface area (Å²) in [6, 6.07) is 12.0. The zero-order chi connectivity index (χ0) is 21.1. The normalized spacial score (nSPS) is 11.0. The van der Waals surface area contributed by atoms with Crippen molar-refractivity contribution in [3.8, 4) is 11.4 Å². The topological polar surface area (TPSA) is 114 Å². The van der Waals surface area contributed by atoms with Crippen molar-refractivity contribution in [3.05, 3.63) is 70.0 Å². The molecular formula is C21H19N5O3S. The van der Waals surface area contributed by atoms with Gasteiger partial charge in [-0.15, -0.1) is 0 Å². The van der Waals surface area contributed by atoms with Gasteiger partial charge in [0.2, 0.25) is 5.91 Å². The number of aromatic nitrogens is 3. The first kappa shape index (κ1) is 19.7. The van der Waals surface area contributed by atoms with Crippen LogP contribution in [0.25, 0.3) is 22.3 Å². The van der Waals surface area contributed by atoms with Crippen molar-refractivity contribution in [3.63, 3.8) is 0 Å². The monoisotopic (exact) mass is 421 g/mol. The second kappa shape index (κ2) is 8.42. The van der Waals surface area contributed by atoms with Crippen molar-refractivity contribution >= 4 is 38.3 Å². The maximum Gasteiger partial charge on any atom is 0.345 e. The summed E-state index contributed by atoms with van der Waals surface area (Å²) >= 11 is 0.848. The Labute approximate surface area is 176 Å². The third-order valence-corrected chi connectivity index (χ3v) is 5.60. The first-order valence-corrected chi connectivity index (χ1v) is 10.3. The van der Waals surface area contributed by atoms with Crippen LogP contribution >= 0.6 is 11.3 Å². The molecule has 0 radical (unpaired) electrons. The molecule has 8 nitrogen and oxygen atoms in total. The molecule has 0 atom stereocenters. The number of H-pyrrole nitrogens is 1. The molecule has 4 aromatic rings. The summed E-state index contributed by atoms with van der Waals surface area (Å²) in [4.78, 5) is 34.3. The average Bonchev–Trinajstić information content (AvgIpc) is 3.34. The van der Waals surface area contributed by atoms with Crippen LogP contribution in [0.2, 0.25) is 0 Å². The van der Waals surface area contributed by atoms with Gasteiger partial charge in [0, 0.05) is 23.5 Å². The predicted octanol–water partition coefficient (Wildman–Crippen LogP) is 4.86. The minimum absolute atomic E-state index is 0.0977. The Morgan fingerprint density at radius 1 is 1.27 bits per heavy atom. The first-order chi connectivity index (χ1) is 14.5. The molecule has 1 amide bonds. The number of nitro groups is 1. The number of anilines is 1. The van der Waals surface area contributed by atoms with E-state index >= 15 is 0 Å². The lowest BCUT2D eigenvalue weighted by Gasteiger charge is -2.05. The SMILES string of the molecule is Cc1ccc2[nH]c(-c3ccccn3)c(CCCC(=O)Nc3ncc([N+](=O)[O-])s3)c2c1. The Balaban J connectivity index is 1.49. The number of carbonyl (C=O) groups is 1. The fraction of sp³-hybridized carbons (Fsp3) is 0.190. The van der Waals surface area contributed by atoms with Crippen LogP contribution in [-0.4, -0.2) is 25.8 Å². The van der Waals surface area contributed by atoms with Gasteiger partial charge in [-0.05, 0) is 60.9 Å². The van der Waals surface area contributed by atoms with Crippen LogP contribution in [-0.2, 0) is 11.2 Å². The average molecular weight is 421 g/mol. The Hall–Kier alpha value is -3.59. The van der Waals surface area contributed by atoms with Crippen LogP contribution in [0.5, 0.6) is 0 Å². The van der Waals surface area contributed by atoms with E-state index in [1.54, 1.807) is 6.20 Å². The standard InChI is InChI=1S/C21H19N5O3S/c1-13-8-9-16-15(11-13)14(20(24-16)17-6-2-3-10-22-17)5-4-7-18(27)25-21-23-12-19(30-21)26(28)29/h2-3,6,8-12,24H,4-5,7H2,1H3,(H,23,25,27). The highest BCUT2D eigenvalue weighted by atomic mass is 32.1. The molecule has 0 saturated heterocycles. The summed E-state index contributed by atoms with van der Waals surface area (Å²) in [5.74, 6) is -0.213. The van der Waals surface area contributed by atoms with Crippen molar-refractivity contribution < 1.29 is 9.72 Å². The maximum atomic E-state index is 12.3. The van der Waals surface area contributed by atoms with Gasteiger partial charge >= 0.3 is 5.00 Å². The van der Waals surface area contributed by atoms with E-state index in [1.165, 1.54) is 5.56 Å². The van der Waals surface area contributed by atoms with Crippen LogP contribution in [0.3, 0.4) is 0 Å². The van der Waals surface area contributed by atoms with Crippen LogP contribution in [0.1, 0.15) is 24.0 Å². The van der Waals surface area contributed by atoms with E-state index in [2.05, 4.69) is 45.4 Å². The molecule has 30 heavy (non-hydrogen) atoms. The highest BCUT2D eigenvalue weighted by Crippen LogP contribution is 2.31. The Kier molecular flexibility index (Phi) is 5.53. The largest absolute Gasteiger partial charge is 0.353 e. The third kappa shape index (κ3) is 4.20. The minimum atomic E-state index is -0.522. The summed E-state index contributed by atoms with van der Waals surface area (Å²) in [6.45, 7) is 2.05. The number of hydrogen-bond donors (Lipinski definition) is 2. The number of carbonyl (C=O) groups excluding carboxylic acids is 1. The van der Waals surface area contributed by atoms with Crippen molar-refractivity contribution in [2.24, 2.45) is 0 Å². The summed E-state index contributed by atoms with van der Waals surface area (Å²) in [6.07, 6.45) is 4.51. The summed E-state index contributed by atoms with van der Waals surface area (Å²) in [5, 5.41) is 14.6. The fourth-order valence-corrected chi connectivity index (χ4v) is 4.01. The Morgan fingerprint density at radius 2 is 2.13 bits per heavy atom. The number of thiazole rings is 1. The van der Waals surface area contributed by atoms with E-state index in [-0.39, 0.29) is 22.5 Å². The number of aryl methyl sites for hydroxylation is 2. The van der Waals surface area contributed by atoms with E-state index in [4.69, 9.17) is 0 Å². The zero-order valence-corrected chi connectivity index (χ0v) is 17.0. The lowest BCUT2D eigenvalue weighted by atomic mass is 10.0. The molecule has 3 aromatic heterocycles. The van der Waals surface area contributed by atoms with Crippen molar-refractivity contribution in [2.75, 3.05) is 5.32 Å². The summed E-state index contributed by atoms with van der Waals surface area (Å²) in [5.41, 5.74) is 5.16. The van der Waals surface area contributed by atoms with Crippen molar-refractivity contribution in [1.29, 1.82) is 0 Å². The number of benzene rings is 1. The van der Waals surface area contributed by atoms with Gasteiger partial charge in [0.05, 0.1) is 16.3 Å². The van der Waals surface area contributed by atoms with Gasteiger partial charge in [0.1, 0.15) is 6.20 Å². The van der Waals surface area contributed by atoms with Crippen molar-refractivity contribution in [2.45, 2.75) is 26.2 Å². The molecule has 1 aromatic carbocycles. The van der Waals surface area contributed by atoms with E-state index < -0.39 is 4.92 Å². The number of pyridine rings is 1. The van der Waals surface area contributed by atoms with Gasteiger partial charge in [-0.1, -0.05) is 17.7 Å². The van der Waals surface area contributed by atoms with Crippen LogP contribution < -0.4 is 5.32 Å². The fourth-order valence-electron chi connectivity index (χ4n) is 3.37. The zero-order valence-electron chi connectivity index (χ0n) is 16.2. The number of nitrogens with zero attached hydrogens (tertiary/aromatic N) is 3. The second-order valence-electron chi connectivity index (χ2n) is 6.91. The van der Waals surface area contributed by atoms with E-state index in [9.17, 15) is 14.9 Å². The minimum Gasteiger partial charge on any atom is -0.353 e. The van der Waals surface area contributed by atoms with Crippen molar-refractivity contribution in [1.82, 2.24) is 15.0 Å². The molecular weight excluding hydrogens is 402 g/mol. The molecule has 0 spiro atoms. The van der Waals surface area contributed by atoms with Crippen LogP contribution in [0.15, 0.2) is 48.8 Å². The van der Waals surface area contributed by atoms with Crippen LogP contribution in [0, 0.1) is 17.0 Å². The number of rotatable bonds is 7. The van der Waals surface area contributed by atoms with E-state index in [0.717, 1.165) is 45.4 Å². The Bertz CT molecular complexity index is 1220. The highest BCUT2D eigenvalue weighted by Gasteiger charge is 2.16. The molecule has 2 N–H and O–H groups in total. The van der Waals surface area contributed by atoms with Crippen LogP contribution in [0.4, 0.5) is 10.1 Å². The third-order valence-electron chi connectivity index (χ3n) is 4.73. The molecule has 0 aliphatic rings. The molecule has 0 aliphatic carbocycles. The first-order valence-electron chi connectivity index (χ1n) is 9.44. The molecule has 152 valence electrons. The number of amides is 1. The van der Waals surface area contributed by atoms with Gasteiger partial charge in [-0.3, -0.25) is 19.9 Å². The lowest BCUT2D eigenvalue weighted by Crippen LogP contribution is -2.11. The van der Waals surface area contributed by atoms with Gasteiger partial charge < -0.3 is 10.3 Å². The van der Waals surface area contributed by atoms with Gasteiger partial charge in [-0.2, -0.15) is 0 Å². The smallest absolute Gasteiger partial charge is 0.345 e. The molecule has 0 aliphatic heterocycles. The maximum absolute atomic E-state index is 12.3. The number of aromatic amines is 1. The summed E-state index contributed by atoms with van der Waals surface area (Å²) in [7, 11) is 0. The molecule has 9 heteroatoms. The number of nitrogens with one attached hydrogen (secondary N) is 2. The van der Waals surface area contributed by atoms with Gasteiger partial charge in [0.15, 0.2) is 5.13 Å². The summed E-state index contributed by atoms with van der Waals surface area (Å²) < 4.78 is 0.